The maximum Gasteiger partial charge on any atom is 0.412 e. The molecule has 1 aliphatic heterocycles. The van der Waals surface area contributed by atoms with E-state index in [1.165, 1.54) is 0 Å². The number of carbonyl (C=O) groups excluding carboxylic acids is 1. The number of nitrogens with zero attached hydrogens (tertiary/aromatic N) is 1. The number of aromatic nitrogens is 1. The van der Waals surface area contributed by atoms with Crippen LogP contribution in [0.1, 0.15) is 33.2 Å². The Hall–Kier alpha value is -1.86. The van der Waals surface area contributed by atoms with Crippen LogP contribution in [-0.4, -0.2) is 42.7 Å². The lowest BCUT2D eigenvalue weighted by Crippen LogP contribution is -2.40. The molecule has 0 spiro atoms. The van der Waals surface area contributed by atoms with Crippen LogP contribution in [-0.2, 0) is 14.2 Å². The second-order valence-corrected chi connectivity index (χ2v) is 6.47. The molecule has 2 rings (SSSR count). The molecule has 1 saturated heterocycles. The molecule has 0 aromatic carbocycles. The van der Waals surface area contributed by atoms with Gasteiger partial charge in [-0.2, -0.15) is 0 Å². The number of ether oxygens (including phenoxy) is 3. The van der Waals surface area contributed by atoms with Crippen LogP contribution < -0.4 is 10.9 Å². The third kappa shape index (κ3) is 4.56. The fourth-order valence-electron chi connectivity index (χ4n) is 2.52. The molecule has 0 aliphatic carbocycles. The third-order valence-corrected chi connectivity index (χ3v) is 3.54. The number of hydrogen-bond acceptors (Lipinski definition) is 5. The second kappa shape index (κ2) is 7.14. The second-order valence-electron chi connectivity index (χ2n) is 6.47. The standard InChI is InChI=1S/C16H24N2O5/c1-16(2,3)23-15(20)17-11-6-5-8-18(14(11)19)12-7-9-22-10-13(12)21-4/h5-6,8,12-13H,7,9-10H2,1-4H3,(H,17,20)/t12?,13-/m0/s1. The van der Waals surface area contributed by atoms with Crippen molar-refractivity contribution in [1.29, 1.82) is 0 Å². The Morgan fingerprint density at radius 1 is 1.43 bits per heavy atom. The number of carbonyl (C=O) groups is 1. The van der Waals surface area contributed by atoms with Crippen LogP contribution in [0.25, 0.3) is 0 Å². The van der Waals surface area contributed by atoms with Crippen molar-refractivity contribution < 1.29 is 19.0 Å². The Balaban J connectivity index is 2.21. The Morgan fingerprint density at radius 2 is 2.17 bits per heavy atom. The number of nitrogens with one attached hydrogen (secondary N) is 1. The quantitative estimate of drug-likeness (QED) is 0.922. The van der Waals surface area contributed by atoms with Crippen LogP contribution in [0, 0.1) is 0 Å². The van der Waals surface area contributed by atoms with E-state index in [-0.39, 0.29) is 23.4 Å². The lowest BCUT2D eigenvalue weighted by Gasteiger charge is -2.32. The van der Waals surface area contributed by atoms with E-state index in [0.717, 1.165) is 0 Å². The molecule has 1 aliphatic rings. The summed E-state index contributed by atoms with van der Waals surface area (Å²) in [5, 5.41) is 2.51. The van der Waals surface area contributed by atoms with Gasteiger partial charge in [-0.1, -0.05) is 0 Å². The Labute approximate surface area is 135 Å². The summed E-state index contributed by atoms with van der Waals surface area (Å²) in [4.78, 5) is 24.5. The van der Waals surface area contributed by atoms with Crippen molar-refractivity contribution in [3.8, 4) is 0 Å². The summed E-state index contributed by atoms with van der Waals surface area (Å²) in [6, 6.07) is 3.15. The van der Waals surface area contributed by atoms with Gasteiger partial charge in [-0.3, -0.25) is 10.1 Å². The molecule has 1 N–H and O–H groups in total. The molecule has 23 heavy (non-hydrogen) atoms. The van der Waals surface area contributed by atoms with E-state index in [1.807, 2.05) is 0 Å². The zero-order valence-corrected chi connectivity index (χ0v) is 14.0. The minimum Gasteiger partial charge on any atom is -0.444 e. The Kier molecular flexibility index (Phi) is 5.43. The van der Waals surface area contributed by atoms with Crippen LogP contribution in [0.2, 0.25) is 0 Å². The molecule has 0 bridgehead atoms. The molecule has 2 atom stereocenters. The van der Waals surface area contributed by atoms with Crippen LogP contribution in [0.4, 0.5) is 10.5 Å². The summed E-state index contributed by atoms with van der Waals surface area (Å²) in [6.45, 7) is 6.31. The monoisotopic (exact) mass is 324 g/mol. The van der Waals surface area contributed by atoms with Crippen molar-refractivity contribution >= 4 is 11.8 Å². The molecule has 1 fully saturated rings. The lowest BCUT2D eigenvalue weighted by molar-refractivity contribution is -0.0609. The number of methoxy groups -OCH3 is 1. The summed E-state index contributed by atoms with van der Waals surface area (Å²) in [7, 11) is 1.60. The molecule has 1 aromatic heterocycles. The third-order valence-electron chi connectivity index (χ3n) is 3.54. The first-order valence-corrected chi connectivity index (χ1v) is 7.63. The van der Waals surface area contributed by atoms with Gasteiger partial charge in [0, 0.05) is 19.9 Å². The summed E-state index contributed by atoms with van der Waals surface area (Å²) >= 11 is 0. The fourth-order valence-corrected chi connectivity index (χ4v) is 2.52. The minimum atomic E-state index is -0.650. The first-order valence-electron chi connectivity index (χ1n) is 7.63. The first-order chi connectivity index (χ1) is 10.8. The van der Waals surface area contributed by atoms with Gasteiger partial charge in [0.15, 0.2) is 0 Å². The molecule has 128 valence electrons. The zero-order chi connectivity index (χ0) is 17.0. The van der Waals surface area contributed by atoms with Gasteiger partial charge in [-0.25, -0.2) is 4.79 Å². The molecular formula is C16H24N2O5. The van der Waals surface area contributed by atoms with E-state index in [0.29, 0.717) is 19.6 Å². The first kappa shape index (κ1) is 17.5. The van der Waals surface area contributed by atoms with E-state index in [1.54, 1.807) is 50.8 Å². The van der Waals surface area contributed by atoms with Crippen molar-refractivity contribution in [2.45, 2.75) is 44.9 Å². The van der Waals surface area contributed by atoms with Gasteiger partial charge in [-0.15, -0.1) is 0 Å². The number of amides is 1. The van der Waals surface area contributed by atoms with Crippen molar-refractivity contribution in [3.05, 3.63) is 28.7 Å². The summed E-state index contributed by atoms with van der Waals surface area (Å²) in [6.07, 6.45) is 1.53. The van der Waals surface area contributed by atoms with Crippen molar-refractivity contribution in [3.63, 3.8) is 0 Å². The average Bonchev–Trinajstić information content (AvgIpc) is 2.47. The number of pyridine rings is 1. The highest BCUT2D eigenvalue weighted by Gasteiger charge is 2.28. The maximum absolute atomic E-state index is 12.6. The van der Waals surface area contributed by atoms with Gasteiger partial charge >= 0.3 is 6.09 Å². The van der Waals surface area contributed by atoms with E-state index < -0.39 is 11.7 Å². The fraction of sp³-hybridized carbons (Fsp3) is 0.625. The van der Waals surface area contributed by atoms with Crippen LogP contribution in [0.15, 0.2) is 23.1 Å². The Bertz CT molecular complexity index is 605. The van der Waals surface area contributed by atoms with Crippen molar-refractivity contribution in [1.82, 2.24) is 4.57 Å². The SMILES string of the molecule is CO[C@H]1COCCC1n1cccc(NC(=O)OC(C)(C)C)c1=O. The normalized spacial score (nSPS) is 21.7. The summed E-state index contributed by atoms with van der Waals surface area (Å²) in [5.41, 5.74) is -0.727. The van der Waals surface area contributed by atoms with E-state index in [4.69, 9.17) is 14.2 Å². The topological polar surface area (TPSA) is 78.8 Å². The predicted molar refractivity (Wildman–Crippen MR) is 85.8 cm³/mol. The number of rotatable bonds is 3. The molecule has 0 radical (unpaired) electrons. The molecule has 0 saturated carbocycles. The minimum absolute atomic E-state index is 0.123. The van der Waals surface area contributed by atoms with Gasteiger partial charge in [-0.05, 0) is 39.3 Å². The largest absolute Gasteiger partial charge is 0.444 e. The maximum atomic E-state index is 12.6. The highest BCUT2D eigenvalue weighted by atomic mass is 16.6. The number of anilines is 1. The van der Waals surface area contributed by atoms with Crippen molar-refractivity contribution in [2.75, 3.05) is 25.6 Å². The van der Waals surface area contributed by atoms with Gasteiger partial charge in [0.05, 0.1) is 12.6 Å². The smallest absolute Gasteiger partial charge is 0.412 e. The summed E-state index contributed by atoms with van der Waals surface area (Å²) < 4.78 is 17.6. The molecule has 7 heteroatoms. The van der Waals surface area contributed by atoms with Crippen LogP contribution >= 0.6 is 0 Å². The van der Waals surface area contributed by atoms with Gasteiger partial charge < -0.3 is 18.8 Å². The van der Waals surface area contributed by atoms with Gasteiger partial charge in [0.2, 0.25) is 0 Å². The zero-order valence-electron chi connectivity index (χ0n) is 14.0. The highest BCUT2D eigenvalue weighted by molar-refractivity contribution is 5.84. The van der Waals surface area contributed by atoms with Crippen molar-refractivity contribution in [2.24, 2.45) is 0 Å². The molecule has 7 nitrogen and oxygen atoms in total. The van der Waals surface area contributed by atoms with E-state index in [9.17, 15) is 9.59 Å². The lowest BCUT2D eigenvalue weighted by atomic mass is 10.1. The summed E-state index contributed by atoms with van der Waals surface area (Å²) in [5.74, 6) is 0. The molecule has 1 unspecified atom stereocenters. The molecule has 1 amide bonds. The predicted octanol–water partition coefficient (Wildman–Crippen LogP) is 2.17. The molecule has 1 aromatic rings. The average molecular weight is 324 g/mol. The highest BCUT2D eigenvalue weighted by Crippen LogP contribution is 2.22. The van der Waals surface area contributed by atoms with Crippen LogP contribution in [0.3, 0.4) is 0 Å². The Morgan fingerprint density at radius 3 is 2.83 bits per heavy atom. The molecular weight excluding hydrogens is 300 g/mol. The van der Waals surface area contributed by atoms with Crippen LogP contribution in [0.5, 0.6) is 0 Å². The number of hydrogen-bond donors (Lipinski definition) is 1. The van der Waals surface area contributed by atoms with E-state index >= 15 is 0 Å². The van der Waals surface area contributed by atoms with Gasteiger partial charge in [0.1, 0.15) is 17.4 Å². The van der Waals surface area contributed by atoms with Gasteiger partial charge in [0.25, 0.3) is 5.56 Å². The molecule has 2 heterocycles. The van der Waals surface area contributed by atoms with E-state index in [2.05, 4.69) is 5.32 Å².